The summed E-state index contributed by atoms with van der Waals surface area (Å²) < 4.78 is 6.74. The summed E-state index contributed by atoms with van der Waals surface area (Å²) in [4.78, 5) is 0. The maximum absolute atomic E-state index is 5.56. The van der Waals surface area contributed by atoms with Gasteiger partial charge < -0.3 is 4.74 Å². The lowest BCUT2D eigenvalue weighted by Crippen LogP contribution is -2.07. The predicted octanol–water partition coefficient (Wildman–Crippen LogP) is 3.60. The maximum atomic E-state index is 5.56. The van der Waals surface area contributed by atoms with Gasteiger partial charge in [-0.2, -0.15) is 0 Å². The molecule has 2 heteroatoms. The third-order valence-electron chi connectivity index (χ3n) is 2.25. The number of para-hydroxylation sites is 1. The zero-order valence-electron chi connectivity index (χ0n) is 7.51. The Morgan fingerprint density at radius 2 is 2.15 bits per heavy atom. The quantitative estimate of drug-likeness (QED) is 0.727. The molecule has 0 bridgehead atoms. The van der Waals surface area contributed by atoms with Crippen molar-refractivity contribution in [3.63, 3.8) is 0 Å². The molecule has 0 atom stereocenters. The molecular formula is C11H11BrO. The average molecular weight is 239 g/mol. The normalized spacial score (nSPS) is 15.2. The van der Waals surface area contributed by atoms with Crippen LogP contribution >= 0.6 is 15.9 Å². The fourth-order valence-electron chi connectivity index (χ4n) is 1.60. The van der Waals surface area contributed by atoms with E-state index in [0.717, 1.165) is 12.2 Å². The van der Waals surface area contributed by atoms with Crippen molar-refractivity contribution in [3.8, 4) is 5.75 Å². The number of fused-ring (bicyclic) bond motifs is 1. The highest BCUT2D eigenvalue weighted by Crippen LogP contribution is 2.36. The molecule has 0 unspecified atom stereocenters. The van der Waals surface area contributed by atoms with Crippen molar-refractivity contribution in [1.82, 2.24) is 0 Å². The van der Waals surface area contributed by atoms with Gasteiger partial charge >= 0.3 is 0 Å². The summed E-state index contributed by atoms with van der Waals surface area (Å²) in [6, 6.07) is 8.17. The van der Waals surface area contributed by atoms with Crippen LogP contribution in [0.5, 0.6) is 5.75 Å². The Hall–Kier alpha value is -0.760. The van der Waals surface area contributed by atoms with E-state index < -0.39 is 0 Å². The first-order valence-corrected chi connectivity index (χ1v) is 5.22. The highest BCUT2D eigenvalue weighted by atomic mass is 79.9. The molecule has 0 N–H and O–H groups in total. The highest BCUT2D eigenvalue weighted by Gasteiger charge is 2.15. The standard InChI is InChI=1S/C11H11BrO/c1-2-8-9-5-3-4-6-11(9)13-7-10(8)12/h3-6H,2,7H2,1H3. The molecule has 13 heavy (non-hydrogen) atoms. The zero-order valence-corrected chi connectivity index (χ0v) is 9.10. The Kier molecular flexibility index (Phi) is 2.40. The smallest absolute Gasteiger partial charge is 0.127 e. The van der Waals surface area contributed by atoms with E-state index in [0.29, 0.717) is 6.61 Å². The largest absolute Gasteiger partial charge is 0.488 e. The zero-order chi connectivity index (χ0) is 9.26. The lowest BCUT2D eigenvalue weighted by molar-refractivity contribution is 0.354. The summed E-state index contributed by atoms with van der Waals surface area (Å²) in [5.41, 5.74) is 2.59. The van der Waals surface area contributed by atoms with E-state index in [1.54, 1.807) is 0 Å². The van der Waals surface area contributed by atoms with Gasteiger partial charge in [-0.15, -0.1) is 0 Å². The van der Waals surface area contributed by atoms with Crippen molar-refractivity contribution in [1.29, 1.82) is 0 Å². The molecule has 1 heterocycles. The van der Waals surface area contributed by atoms with E-state index in [1.165, 1.54) is 15.6 Å². The molecule has 0 saturated heterocycles. The molecule has 0 saturated carbocycles. The van der Waals surface area contributed by atoms with E-state index in [-0.39, 0.29) is 0 Å². The van der Waals surface area contributed by atoms with Crippen molar-refractivity contribution >= 4 is 21.5 Å². The molecule has 1 aromatic rings. The highest BCUT2D eigenvalue weighted by molar-refractivity contribution is 9.11. The van der Waals surface area contributed by atoms with Crippen molar-refractivity contribution in [2.75, 3.05) is 6.61 Å². The molecule has 2 rings (SSSR count). The van der Waals surface area contributed by atoms with Crippen molar-refractivity contribution in [2.24, 2.45) is 0 Å². The second-order valence-electron chi connectivity index (χ2n) is 3.02. The van der Waals surface area contributed by atoms with Crippen LogP contribution in [0.2, 0.25) is 0 Å². The van der Waals surface area contributed by atoms with Crippen LogP contribution in [0.25, 0.3) is 5.57 Å². The van der Waals surface area contributed by atoms with Crippen LogP contribution in [0.1, 0.15) is 18.9 Å². The Bertz CT molecular complexity index is 355. The molecule has 0 amide bonds. The molecule has 0 aromatic heterocycles. The summed E-state index contributed by atoms with van der Waals surface area (Å²) >= 11 is 3.54. The molecule has 0 aliphatic carbocycles. The van der Waals surface area contributed by atoms with Crippen LogP contribution in [0.15, 0.2) is 28.7 Å². The second-order valence-corrected chi connectivity index (χ2v) is 3.98. The van der Waals surface area contributed by atoms with Gasteiger partial charge in [0.05, 0.1) is 0 Å². The van der Waals surface area contributed by atoms with Crippen LogP contribution in [-0.4, -0.2) is 6.61 Å². The van der Waals surface area contributed by atoms with Crippen LogP contribution in [-0.2, 0) is 0 Å². The molecule has 0 radical (unpaired) electrons. The summed E-state index contributed by atoms with van der Waals surface area (Å²) in [5.74, 6) is 1.00. The third-order valence-corrected chi connectivity index (χ3v) is 2.96. The van der Waals surface area contributed by atoms with Gasteiger partial charge in [-0.05, 0) is 18.1 Å². The van der Waals surface area contributed by atoms with Crippen LogP contribution in [0.3, 0.4) is 0 Å². The van der Waals surface area contributed by atoms with E-state index in [1.807, 2.05) is 18.2 Å². The van der Waals surface area contributed by atoms with Gasteiger partial charge in [-0.25, -0.2) is 0 Å². The SMILES string of the molecule is CCC1=C(Br)COc2ccccc21. The van der Waals surface area contributed by atoms with E-state index in [4.69, 9.17) is 4.74 Å². The summed E-state index contributed by atoms with van der Waals surface area (Å²) in [6.45, 7) is 2.83. The number of hydrogen-bond donors (Lipinski definition) is 0. The lowest BCUT2D eigenvalue weighted by atomic mass is 10.0. The van der Waals surface area contributed by atoms with Gasteiger partial charge in [0.15, 0.2) is 0 Å². The minimum absolute atomic E-state index is 0.667. The Morgan fingerprint density at radius 3 is 2.92 bits per heavy atom. The van der Waals surface area contributed by atoms with Gasteiger partial charge in [0, 0.05) is 10.0 Å². The molecule has 68 valence electrons. The van der Waals surface area contributed by atoms with Crippen LogP contribution in [0.4, 0.5) is 0 Å². The number of rotatable bonds is 1. The van der Waals surface area contributed by atoms with E-state index in [9.17, 15) is 0 Å². The molecule has 1 nitrogen and oxygen atoms in total. The third kappa shape index (κ3) is 1.51. The number of halogens is 1. The van der Waals surface area contributed by atoms with Crippen LogP contribution in [0, 0.1) is 0 Å². The Labute approximate surface area is 86.5 Å². The molecule has 1 aromatic carbocycles. The molecule has 0 fully saturated rings. The van der Waals surface area contributed by atoms with Gasteiger partial charge in [0.1, 0.15) is 12.4 Å². The summed E-state index contributed by atoms with van der Waals surface area (Å²) in [7, 11) is 0. The van der Waals surface area contributed by atoms with Crippen molar-refractivity contribution in [2.45, 2.75) is 13.3 Å². The number of benzene rings is 1. The molecule has 1 aliphatic rings. The van der Waals surface area contributed by atoms with E-state index >= 15 is 0 Å². The monoisotopic (exact) mass is 238 g/mol. The fourth-order valence-corrected chi connectivity index (χ4v) is 2.21. The number of hydrogen-bond acceptors (Lipinski definition) is 1. The number of allylic oxidation sites excluding steroid dienone is 1. The topological polar surface area (TPSA) is 9.23 Å². The van der Waals surface area contributed by atoms with Gasteiger partial charge in [0.25, 0.3) is 0 Å². The van der Waals surface area contributed by atoms with Crippen molar-refractivity contribution in [3.05, 3.63) is 34.3 Å². The first-order chi connectivity index (χ1) is 6.33. The van der Waals surface area contributed by atoms with E-state index in [2.05, 4.69) is 28.9 Å². The molecular weight excluding hydrogens is 228 g/mol. The lowest BCUT2D eigenvalue weighted by Gasteiger charge is -2.20. The second kappa shape index (κ2) is 3.54. The fraction of sp³-hybridized carbons (Fsp3) is 0.273. The first-order valence-electron chi connectivity index (χ1n) is 4.42. The number of ether oxygens (including phenoxy) is 1. The maximum Gasteiger partial charge on any atom is 0.127 e. The van der Waals surface area contributed by atoms with Crippen LogP contribution < -0.4 is 4.74 Å². The Morgan fingerprint density at radius 1 is 1.38 bits per heavy atom. The minimum atomic E-state index is 0.667. The molecule has 0 spiro atoms. The van der Waals surface area contributed by atoms with Gasteiger partial charge in [-0.1, -0.05) is 41.1 Å². The molecule has 1 aliphatic heterocycles. The summed E-state index contributed by atoms with van der Waals surface area (Å²) in [5, 5.41) is 0. The summed E-state index contributed by atoms with van der Waals surface area (Å²) in [6.07, 6.45) is 1.04. The predicted molar refractivity (Wildman–Crippen MR) is 58.1 cm³/mol. The first kappa shape index (κ1) is 8.82. The van der Waals surface area contributed by atoms with Gasteiger partial charge in [0.2, 0.25) is 0 Å². The Balaban J connectivity index is 2.55. The van der Waals surface area contributed by atoms with Gasteiger partial charge in [-0.3, -0.25) is 0 Å². The van der Waals surface area contributed by atoms with Crippen molar-refractivity contribution < 1.29 is 4.74 Å². The minimum Gasteiger partial charge on any atom is -0.488 e. The average Bonchev–Trinajstić information content (AvgIpc) is 2.18.